The number of anilines is 2. The van der Waals surface area contributed by atoms with E-state index < -0.39 is 0 Å². The summed E-state index contributed by atoms with van der Waals surface area (Å²) in [6.45, 7) is 2.84. The van der Waals surface area contributed by atoms with Crippen LogP contribution in [0.15, 0.2) is 11.7 Å². The van der Waals surface area contributed by atoms with Crippen molar-refractivity contribution < 1.29 is 0 Å². The largest absolute Gasteiger partial charge is 0.383 e. The fourth-order valence-electron chi connectivity index (χ4n) is 2.14. The van der Waals surface area contributed by atoms with Crippen LogP contribution in [0.25, 0.3) is 11.0 Å². The number of nitrogen functional groups attached to an aromatic ring is 1. The summed E-state index contributed by atoms with van der Waals surface area (Å²) in [4.78, 5) is 16.5. The van der Waals surface area contributed by atoms with Gasteiger partial charge in [-0.15, -0.1) is 11.3 Å². The molecule has 3 rings (SSSR count). The van der Waals surface area contributed by atoms with Crippen LogP contribution in [-0.2, 0) is 13.5 Å². The van der Waals surface area contributed by atoms with Crippen molar-refractivity contribution in [3.63, 3.8) is 0 Å². The summed E-state index contributed by atoms with van der Waals surface area (Å²) in [5.41, 5.74) is 9.70. The molecule has 0 saturated carbocycles. The molecule has 0 bridgehead atoms. The van der Waals surface area contributed by atoms with Gasteiger partial charge >= 0.3 is 0 Å². The van der Waals surface area contributed by atoms with Gasteiger partial charge in [0, 0.05) is 31.9 Å². The molecule has 21 heavy (non-hydrogen) atoms. The van der Waals surface area contributed by atoms with Crippen molar-refractivity contribution in [2.75, 3.05) is 24.2 Å². The van der Waals surface area contributed by atoms with Crippen LogP contribution in [0.4, 0.5) is 11.8 Å². The van der Waals surface area contributed by atoms with E-state index in [1.807, 2.05) is 31.4 Å². The predicted octanol–water partition coefficient (Wildman–Crippen LogP) is 1.39. The Bertz CT molecular complexity index is 776. The third kappa shape index (κ3) is 2.54. The summed E-state index contributed by atoms with van der Waals surface area (Å²) >= 11 is 1.68. The van der Waals surface area contributed by atoms with E-state index in [1.54, 1.807) is 22.2 Å². The number of nitrogens with zero attached hydrogens (tertiary/aromatic N) is 6. The topological polar surface area (TPSA) is 85.8 Å². The van der Waals surface area contributed by atoms with Crippen molar-refractivity contribution in [2.45, 2.75) is 13.3 Å². The average Bonchev–Trinajstić information content (AvgIpc) is 3.03. The Labute approximate surface area is 126 Å². The number of hydrogen-bond acceptors (Lipinski definition) is 7. The van der Waals surface area contributed by atoms with Gasteiger partial charge in [0.25, 0.3) is 0 Å². The molecular formula is C13H17N7S. The first-order valence-corrected chi connectivity index (χ1v) is 7.49. The van der Waals surface area contributed by atoms with Crippen LogP contribution in [0.2, 0.25) is 0 Å². The molecule has 0 radical (unpaired) electrons. The molecule has 8 heteroatoms. The molecule has 0 aliphatic rings. The second kappa shape index (κ2) is 5.28. The minimum Gasteiger partial charge on any atom is -0.383 e. The molecule has 0 saturated heterocycles. The monoisotopic (exact) mass is 303 g/mol. The molecule has 2 N–H and O–H groups in total. The van der Waals surface area contributed by atoms with Gasteiger partial charge in [-0.1, -0.05) is 0 Å². The third-order valence-electron chi connectivity index (χ3n) is 3.47. The summed E-state index contributed by atoms with van der Waals surface area (Å²) < 4.78 is 1.71. The summed E-state index contributed by atoms with van der Waals surface area (Å²) in [5.74, 6) is 1.08. The highest BCUT2D eigenvalue weighted by Gasteiger charge is 2.12. The maximum Gasteiger partial charge on any atom is 0.229 e. The van der Waals surface area contributed by atoms with Gasteiger partial charge in [-0.25, -0.2) is 4.98 Å². The number of rotatable bonds is 4. The van der Waals surface area contributed by atoms with E-state index >= 15 is 0 Å². The van der Waals surface area contributed by atoms with Gasteiger partial charge in [-0.05, 0) is 6.92 Å². The number of hydrogen-bond donors (Lipinski definition) is 1. The Morgan fingerprint density at radius 1 is 1.38 bits per heavy atom. The molecule has 0 aliphatic heterocycles. The lowest BCUT2D eigenvalue weighted by Gasteiger charge is -2.17. The summed E-state index contributed by atoms with van der Waals surface area (Å²) in [7, 11) is 3.81. The Kier molecular flexibility index (Phi) is 3.46. The van der Waals surface area contributed by atoms with Gasteiger partial charge < -0.3 is 10.6 Å². The molecule has 0 amide bonds. The van der Waals surface area contributed by atoms with Gasteiger partial charge in [0.15, 0.2) is 5.65 Å². The molecule has 0 atom stereocenters. The number of fused-ring (bicyclic) bond motifs is 1. The molecule has 3 aromatic rings. The number of nitrogens with two attached hydrogens (primary N) is 1. The molecule has 110 valence electrons. The molecule has 0 fully saturated rings. The maximum absolute atomic E-state index is 5.98. The van der Waals surface area contributed by atoms with E-state index in [-0.39, 0.29) is 0 Å². The highest BCUT2D eigenvalue weighted by atomic mass is 32.1. The van der Waals surface area contributed by atoms with Crippen LogP contribution in [0, 0.1) is 6.92 Å². The second-order valence-electron chi connectivity index (χ2n) is 4.95. The SMILES string of the molecule is Cc1ncsc1CCN(C)c1nc(N)c2cnn(C)c2n1. The zero-order valence-corrected chi connectivity index (χ0v) is 13.1. The molecule has 7 nitrogen and oxygen atoms in total. The Hall–Kier alpha value is -2.22. The van der Waals surface area contributed by atoms with Gasteiger partial charge in [0.1, 0.15) is 5.82 Å². The molecule has 0 spiro atoms. The van der Waals surface area contributed by atoms with E-state index in [0.29, 0.717) is 11.8 Å². The molecule has 0 unspecified atom stereocenters. The summed E-state index contributed by atoms with van der Waals surface area (Å²) in [6, 6.07) is 0. The van der Waals surface area contributed by atoms with Crippen molar-refractivity contribution in [1.82, 2.24) is 24.7 Å². The van der Waals surface area contributed by atoms with Crippen LogP contribution in [0.3, 0.4) is 0 Å². The van der Waals surface area contributed by atoms with Gasteiger partial charge in [-0.3, -0.25) is 4.68 Å². The maximum atomic E-state index is 5.98. The predicted molar refractivity (Wildman–Crippen MR) is 84.5 cm³/mol. The van der Waals surface area contributed by atoms with Crippen molar-refractivity contribution in [1.29, 1.82) is 0 Å². The molecule has 0 aliphatic carbocycles. The first-order valence-electron chi connectivity index (χ1n) is 6.61. The van der Waals surface area contributed by atoms with E-state index in [0.717, 1.165) is 29.7 Å². The van der Waals surface area contributed by atoms with Crippen molar-refractivity contribution >= 4 is 34.1 Å². The smallest absolute Gasteiger partial charge is 0.229 e. The molecule has 3 heterocycles. The first kappa shape index (κ1) is 13.7. The quantitative estimate of drug-likeness (QED) is 0.784. The van der Waals surface area contributed by atoms with Crippen LogP contribution in [-0.4, -0.2) is 38.3 Å². The minimum absolute atomic E-state index is 0.462. The van der Waals surface area contributed by atoms with Crippen molar-refractivity contribution in [3.8, 4) is 0 Å². The Morgan fingerprint density at radius 3 is 2.90 bits per heavy atom. The summed E-state index contributed by atoms with van der Waals surface area (Å²) in [6.07, 6.45) is 2.61. The fourth-order valence-corrected chi connectivity index (χ4v) is 2.91. The lowest BCUT2D eigenvalue weighted by atomic mass is 10.3. The number of aromatic nitrogens is 5. The zero-order valence-electron chi connectivity index (χ0n) is 12.2. The van der Waals surface area contributed by atoms with Gasteiger partial charge in [0.2, 0.25) is 5.95 Å². The van der Waals surface area contributed by atoms with E-state index in [2.05, 4.69) is 20.1 Å². The highest BCUT2D eigenvalue weighted by molar-refractivity contribution is 7.09. The molecule has 0 aromatic carbocycles. The second-order valence-corrected chi connectivity index (χ2v) is 5.89. The van der Waals surface area contributed by atoms with Crippen LogP contribution in [0.1, 0.15) is 10.6 Å². The normalized spacial score (nSPS) is 11.2. The standard InChI is InChI=1S/C13H17N7S/c1-8-10(21-7-15-8)4-5-19(2)13-17-11(14)9-6-16-20(3)12(9)18-13/h6-7H,4-5H2,1-3H3,(H2,14,17,18). The highest BCUT2D eigenvalue weighted by Crippen LogP contribution is 2.20. The van der Waals surface area contributed by atoms with E-state index in [9.17, 15) is 0 Å². The lowest BCUT2D eigenvalue weighted by molar-refractivity contribution is 0.779. The van der Waals surface area contributed by atoms with E-state index in [4.69, 9.17) is 5.73 Å². The zero-order chi connectivity index (χ0) is 15.0. The van der Waals surface area contributed by atoms with Gasteiger partial charge in [-0.2, -0.15) is 15.1 Å². The fraction of sp³-hybridized carbons (Fsp3) is 0.385. The first-order chi connectivity index (χ1) is 10.1. The Morgan fingerprint density at radius 2 is 2.19 bits per heavy atom. The Balaban J connectivity index is 1.82. The minimum atomic E-state index is 0.462. The third-order valence-corrected chi connectivity index (χ3v) is 4.47. The van der Waals surface area contributed by atoms with Gasteiger partial charge in [0.05, 0.1) is 22.8 Å². The van der Waals surface area contributed by atoms with Crippen LogP contribution in [0.5, 0.6) is 0 Å². The lowest BCUT2D eigenvalue weighted by Crippen LogP contribution is -2.23. The number of aryl methyl sites for hydroxylation is 2. The molecule has 3 aromatic heterocycles. The van der Waals surface area contributed by atoms with Crippen molar-refractivity contribution in [2.24, 2.45) is 7.05 Å². The number of thiazole rings is 1. The average molecular weight is 303 g/mol. The summed E-state index contributed by atoms with van der Waals surface area (Å²) in [5, 5.41) is 4.95. The molecular weight excluding hydrogens is 286 g/mol. The van der Waals surface area contributed by atoms with Crippen LogP contribution < -0.4 is 10.6 Å². The van der Waals surface area contributed by atoms with Crippen molar-refractivity contribution in [3.05, 3.63) is 22.3 Å². The number of likely N-dealkylation sites (N-methyl/N-ethyl adjacent to an activating group) is 1. The van der Waals surface area contributed by atoms with E-state index in [1.165, 1.54) is 4.88 Å². The van der Waals surface area contributed by atoms with Crippen LogP contribution >= 0.6 is 11.3 Å².